The van der Waals surface area contributed by atoms with Gasteiger partial charge in [-0.15, -0.1) is 0 Å². The van der Waals surface area contributed by atoms with E-state index < -0.39 is 0 Å². The lowest BCUT2D eigenvalue weighted by Gasteiger charge is -2.17. The Bertz CT molecular complexity index is 372. The first-order valence-electron chi connectivity index (χ1n) is 6.01. The normalized spacial score (nSPS) is 13.0. The second-order valence-corrected chi connectivity index (χ2v) is 6.57. The smallest absolute Gasteiger partial charge is 0.0624 e. The lowest BCUT2D eigenvalue weighted by molar-refractivity contribution is 0.575. The molecule has 0 fully saturated rings. The van der Waals surface area contributed by atoms with E-state index in [4.69, 9.17) is 29.0 Å². The molecule has 0 aliphatic heterocycles. The molecule has 0 amide bonds. The molecule has 0 bridgehead atoms. The highest BCUT2D eigenvalue weighted by molar-refractivity contribution is 7.99. The van der Waals surface area contributed by atoms with E-state index in [-0.39, 0.29) is 6.04 Å². The standard InChI is InChI=1S/C13H20Cl2N2S/c1-9(2)7-18-8-11(17-16)6-10-4-3-5-12(14)13(10)15/h3-5,9,11,17H,6-8,16H2,1-2H3. The molecule has 0 aromatic heterocycles. The molecule has 1 unspecified atom stereocenters. The van der Waals surface area contributed by atoms with Crippen LogP contribution in [0, 0.1) is 5.92 Å². The van der Waals surface area contributed by atoms with Gasteiger partial charge in [-0.3, -0.25) is 11.3 Å². The van der Waals surface area contributed by atoms with Crippen LogP contribution in [0.2, 0.25) is 10.0 Å². The molecule has 3 N–H and O–H groups in total. The first-order valence-corrected chi connectivity index (χ1v) is 7.92. The monoisotopic (exact) mass is 306 g/mol. The Balaban J connectivity index is 2.54. The summed E-state index contributed by atoms with van der Waals surface area (Å²) in [5.74, 6) is 8.39. The van der Waals surface area contributed by atoms with Gasteiger partial charge in [-0.2, -0.15) is 11.8 Å². The third-order valence-corrected chi connectivity index (χ3v) is 4.90. The van der Waals surface area contributed by atoms with Gasteiger partial charge in [-0.05, 0) is 29.7 Å². The molecule has 0 saturated heterocycles. The zero-order valence-electron chi connectivity index (χ0n) is 10.7. The van der Waals surface area contributed by atoms with Crippen molar-refractivity contribution >= 4 is 35.0 Å². The molecular formula is C13H20Cl2N2S. The van der Waals surface area contributed by atoms with Crippen molar-refractivity contribution in [2.45, 2.75) is 26.3 Å². The molecule has 1 rings (SSSR count). The molecule has 0 saturated carbocycles. The molecule has 1 atom stereocenters. The van der Waals surface area contributed by atoms with E-state index in [1.54, 1.807) is 6.07 Å². The lowest BCUT2D eigenvalue weighted by Crippen LogP contribution is -2.38. The molecule has 2 nitrogen and oxygen atoms in total. The predicted molar refractivity (Wildman–Crippen MR) is 83.4 cm³/mol. The summed E-state index contributed by atoms with van der Waals surface area (Å²) >= 11 is 14.1. The highest BCUT2D eigenvalue weighted by Gasteiger charge is 2.12. The maximum absolute atomic E-state index is 6.17. The average molecular weight is 307 g/mol. The molecule has 18 heavy (non-hydrogen) atoms. The zero-order valence-corrected chi connectivity index (χ0v) is 13.1. The molecule has 5 heteroatoms. The molecule has 0 heterocycles. The summed E-state index contributed by atoms with van der Waals surface area (Å²) in [7, 11) is 0. The lowest BCUT2D eigenvalue weighted by atomic mass is 10.1. The van der Waals surface area contributed by atoms with Gasteiger partial charge in [0, 0.05) is 11.8 Å². The number of nitrogens with two attached hydrogens (primary N) is 1. The maximum atomic E-state index is 6.17. The summed E-state index contributed by atoms with van der Waals surface area (Å²) in [5.41, 5.74) is 3.89. The van der Waals surface area contributed by atoms with Crippen molar-refractivity contribution in [1.82, 2.24) is 5.43 Å². The van der Waals surface area contributed by atoms with Crippen molar-refractivity contribution in [1.29, 1.82) is 0 Å². The van der Waals surface area contributed by atoms with E-state index in [0.29, 0.717) is 16.0 Å². The van der Waals surface area contributed by atoms with Gasteiger partial charge in [-0.25, -0.2) is 0 Å². The van der Waals surface area contributed by atoms with Gasteiger partial charge in [0.05, 0.1) is 10.0 Å². The summed E-state index contributed by atoms with van der Waals surface area (Å²) in [4.78, 5) is 0. The number of hydrogen-bond acceptors (Lipinski definition) is 3. The molecular weight excluding hydrogens is 287 g/mol. The molecule has 0 radical (unpaired) electrons. The predicted octanol–water partition coefficient (Wildman–Crippen LogP) is 3.76. The second kappa shape index (κ2) is 8.28. The third kappa shape index (κ3) is 5.37. The SMILES string of the molecule is CC(C)CSCC(Cc1cccc(Cl)c1Cl)NN. The largest absolute Gasteiger partial charge is 0.271 e. The Morgan fingerprint density at radius 2 is 2.00 bits per heavy atom. The van der Waals surface area contributed by atoms with Crippen molar-refractivity contribution in [3.8, 4) is 0 Å². The first-order chi connectivity index (χ1) is 8.54. The van der Waals surface area contributed by atoms with Crippen LogP contribution in [0.3, 0.4) is 0 Å². The highest BCUT2D eigenvalue weighted by atomic mass is 35.5. The Kier molecular flexibility index (Phi) is 7.42. The number of thioether (sulfide) groups is 1. The van der Waals surface area contributed by atoms with E-state index in [1.165, 1.54) is 0 Å². The minimum Gasteiger partial charge on any atom is -0.271 e. The summed E-state index contributed by atoms with van der Waals surface area (Å²) in [6.07, 6.45) is 0.793. The van der Waals surface area contributed by atoms with Gasteiger partial charge < -0.3 is 0 Å². The second-order valence-electron chi connectivity index (χ2n) is 4.71. The van der Waals surface area contributed by atoms with Crippen LogP contribution in [0.15, 0.2) is 18.2 Å². The van der Waals surface area contributed by atoms with Gasteiger partial charge in [-0.1, -0.05) is 49.2 Å². The van der Waals surface area contributed by atoms with Crippen LogP contribution in [-0.4, -0.2) is 17.5 Å². The number of rotatable bonds is 7. The fraction of sp³-hybridized carbons (Fsp3) is 0.538. The minimum absolute atomic E-state index is 0.213. The summed E-state index contributed by atoms with van der Waals surface area (Å²) in [6, 6.07) is 5.92. The van der Waals surface area contributed by atoms with Crippen LogP contribution in [0.4, 0.5) is 0 Å². The number of nitrogens with one attached hydrogen (secondary N) is 1. The van der Waals surface area contributed by atoms with Crippen molar-refractivity contribution in [2.75, 3.05) is 11.5 Å². The molecule has 1 aromatic carbocycles. The Labute approximate surface area is 124 Å². The van der Waals surface area contributed by atoms with E-state index >= 15 is 0 Å². The fourth-order valence-electron chi connectivity index (χ4n) is 1.58. The number of hydrogen-bond donors (Lipinski definition) is 2. The van der Waals surface area contributed by atoms with E-state index in [9.17, 15) is 0 Å². The van der Waals surface area contributed by atoms with Crippen LogP contribution in [-0.2, 0) is 6.42 Å². The molecule has 0 aliphatic carbocycles. The van der Waals surface area contributed by atoms with Crippen molar-refractivity contribution in [3.63, 3.8) is 0 Å². The maximum Gasteiger partial charge on any atom is 0.0624 e. The van der Waals surface area contributed by atoms with Gasteiger partial charge >= 0.3 is 0 Å². The number of halogens is 2. The topological polar surface area (TPSA) is 38.0 Å². The number of hydrazine groups is 1. The van der Waals surface area contributed by atoms with Gasteiger partial charge in [0.25, 0.3) is 0 Å². The molecule has 0 aliphatic rings. The quantitative estimate of drug-likeness (QED) is 0.595. The average Bonchev–Trinajstić information content (AvgIpc) is 2.33. The van der Waals surface area contributed by atoms with Crippen molar-refractivity contribution in [3.05, 3.63) is 33.8 Å². The summed E-state index contributed by atoms with van der Waals surface area (Å²) in [6.45, 7) is 4.43. The Hall–Kier alpha value is 0.0700. The van der Waals surface area contributed by atoms with Crippen LogP contribution in [0.5, 0.6) is 0 Å². The van der Waals surface area contributed by atoms with Gasteiger partial charge in [0.15, 0.2) is 0 Å². The van der Waals surface area contributed by atoms with Crippen molar-refractivity contribution < 1.29 is 0 Å². The fourth-order valence-corrected chi connectivity index (χ4v) is 3.09. The Morgan fingerprint density at radius 1 is 1.28 bits per heavy atom. The molecule has 0 spiro atoms. The Morgan fingerprint density at radius 3 is 2.61 bits per heavy atom. The van der Waals surface area contributed by atoms with E-state index in [1.807, 2.05) is 23.9 Å². The number of benzene rings is 1. The molecule has 1 aromatic rings. The third-order valence-electron chi connectivity index (χ3n) is 2.50. The van der Waals surface area contributed by atoms with Crippen LogP contribution >= 0.6 is 35.0 Å². The molecule has 102 valence electrons. The highest BCUT2D eigenvalue weighted by Crippen LogP contribution is 2.26. The van der Waals surface area contributed by atoms with Crippen LogP contribution in [0.25, 0.3) is 0 Å². The van der Waals surface area contributed by atoms with E-state index in [0.717, 1.165) is 23.5 Å². The van der Waals surface area contributed by atoms with Crippen molar-refractivity contribution in [2.24, 2.45) is 11.8 Å². The van der Waals surface area contributed by atoms with Gasteiger partial charge in [0.1, 0.15) is 0 Å². The van der Waals surface area contributed by atoms with Gasteiger partial charge in [0.2, 0.25) is 0 Å². The minimum atomic E-state index is 0.213. The summed E-state index contributed by atoms with van der Waals surface area (Å²) in [5, 5.41) is 1.23. The zero-order chi connectivity index (χ0) is 13.5. The van der Waals surface area contributed by atoms with Crippen LogP contribution < -0.4 is 11.3 Å². The first kappa shape index (κ1) is 16.1. The summed E-state index contributed by atoms with van der Waals surface area (Å²) < 4.78 is 0. The van der Waals surface area contributed by atoms with Crippen LogP contribution in [0.1, 0.15) is 19.4 Å². The van der Waals surface area contributed by atoms with E-state index in [2.05, 4.69) is 19.3 Å².